The number of hydrogen-bond donors (Lipinski definition) is 1. The Morgan fingerprint density at radius 1 is 1.20 bits per heavy atom. The molecule has 0 atom stereocenters. The number of benzene rings is 1. The van der Waals surface area contributed by atoms with Gasteiger partial charge in [-0.1, -0.05) is 19.9 Å². The van der Waals surface area contributed by atoms with Gasteiger partial charge in [0.25, 0.3) is 5.91 Å². The Hall–Kier alpha value is -3.13. The molecule has 3 aromatic rings. The number of aryl methyl sites for hydroxylation is 2. The number of nitrogens with zero attached hydrogens (tertiary/aromatic N) is 4. The molecule has 0 aliphatic carbocycles. The highest BCUT2D eigenvalue weighted by Crippen LogP contribution is 2.33. The number of nitrogens with one attached hydrogen (secondary N) is 1. The molecule has 0 unspecified atom stereocenters. The van der Waals surface area contributed by atoms with Gasteiger partial charge in [0.1, 0.15) is 5.69 Å². The molecular weight excluding hydrogens is 398 g/mol. The maximum absolute atomic E-state index is 12.5. The van der Waals surface area contributed by atoms with E-state index in [9.17, 15) is 9.59 Å². The van der Waals surface area contributed by atoms with Gasteiger partial charge in [-0.05, 0) is 37.5 Å². The van der Waals surface area contributed by atoms with Gasteiger partial charge in [0.15, 0.2) is 5.13 Å². The van der Waals surface area contributed by atoms with Crippen LogP contribution in [-0.2, 0) is 11.2 Å². The number of carbonyl (C=O) groups is 2. The predicted octanol–water partition coefficient (Wildman–Crippen LogP) is 4.10. The molecule has 8 heteroatoms. The second kappa shape index (κ2) is 8.31. The van der Waals surface area contributed by atoms with Crippen LogP contribution in [0, 0.1) is 12.8 Å². The molecule has 0 fully saturated rings. The van der Waals surface area contributed by atoms with Gasteiger partial charge in [-0.3, -0.25) is 19.9 Å². The fraction of sp³-hybridized carbons (Fsp3) is 0.318. The third kappa shape index (κ3) is 4.09. The summed E-state index contributed by atoms with van der Waals surface area (Å²) in [5.74, 6) is -0.211. The van der Waals surface area contributed by atoms with Crippen LogP contribution in [-0.4, -0.2) is 33.3 Å². The highest BCUT2D eigenvalue weighted by molar-refractivity contribution is 7.14. The first-order valence-electron chi connectivity index (χ1n) is 9.92. The van der Waals surface area contributed by atoms with E-state index < -0.39 is 0 Å². The van der Waals surface area contributed by atoms with Gasteiger partial charge in [0, 0.05) is 35.3 Å². The van der Waals surface area contributed by atoms with E-state index in [0.29, 0.717) is 5.13 Å². The van der Waals surface area contributed by atoms with Crippen LogP contribution in [0.4, 0.5) is 10.8 Å². The van der Waals surface area contributed by atoms with E-state index in [-0.39, 0.29) is 23.4 Å². The van der Waals surface area contributed by atoms with E-state index >= 15 is 0 Å². The standard InChI is InChI=1S/C22H23N5O2S/c1-13(2)21(29)27-8-4-5-16-9-15(6-7-19(16)27)18-12-30-22(25-18)26-20(28)17-11-23-14(3)10-24-17/h6-7,9-13H,4-5,8H2,1-3H3,(H,25,26,28). The quantitative estimate of drug-likeness (QED) is 0.685. The highest BCUT2D eigenvalue weighted by Gasteiger charge is 2.24. The van der Waals surface area contributed by atoms with E-state index in [0.717, 1.165) is 47.6 Å². The van der Waals surface area contributed by atoms with Crippen molar-refractivity contribution in [3.63, 3.8) is 0 Å². The number of aromatic nitrogens is 3. The van der Waals surface area contributed by atoms with Crippen molar-refractivity contribution in [2.24, 2.45) is 5.92 Å². The van der Waals surface area contributed by atoms with Crippen molar-refractivity contribution in [3.8, 4) is 11.3 Å². The smallest absolute Gasteiger partial charge is 0.277 e. The van der Waals surface area contributed by atoms with Crippen molar-refractivity contribution in [2.75, 3.05) is 16.8 Å². The summed E-state index contributed by atoms with van der Waals surface area (Å²) >= 11 is 1.36. The van der Waals surface area contributed by atoms with Crippen molar-refractivity contribution >= 4 is 34.0 Å². The van der Waals surface area contributed by atoms with E-state index in [1.165, 1.54) is 17.5 Å². The lowest BCUT2D eigenvalue weighted by molar-refractivity contribution is -0.121. The van der Waals surface area contributed by atoms with Crippen LogP contribution in [0.2, 0.25) is 0 Å². The molecule has 0 radical (unpaired) electrons. The van der Waals surface area contributed by atoms with Crippen LogP contribution >= 0.6 is 11.3 Å². The van der Waals surface area contributed by atoms with Crippen molar-refractivity contribution < 1.29 is 9.59 Å². The molecule has 0 bridgehead atoms. The van der Waals surface area contributed by atoms with Crippen LogP contribution < -0.4 is 10.2 Å². The normalized spacial score (nSPS) is 13.3. The van der Waals surface area contributed by atoms with Crippen LogP contribution in [0.5, 0.6) is 0 Å². The maximum Gasteiger partial charge on any atom is 0.277 e. The lowest BCUT2D eigenvalue weighted by Crippen LogP contribution is -2.38. The Morgan fingerprint density at radius 3 is 2.77 bits per heavy atom. The molecule has 1 N–H and O–H groups in total. The van der Waals surface area contributed by atoms with Gasteiger partial charge in [-0.25, -0.2) is 9.97 Å². The zero-order valence-electron chi connectivity index (χ0n) is 17.2. The molecular formula is C22H23N5O2S. The van der Waals surface area contributed by atoms with E-state index in [2.05, 4.69) is 26.3 Å². The molecule has 1 aliphatic heterocycles. The molecule has 2 amide bonds. The lowest BCUT2D eigenvalue weighted by Gasteiger charge is -2.31. The zero-order chi connectivity index (χ0) is 21.3. The molecule has 0 spiro atoms. The summed E-state index contributed by atoms with van der Waals surface area (Å²) in [4.78, 5) is 39.5. The molecule has 0 saturated heterocycles. The monoisotopic (exact) mass is 421 g/mol. The summed E-state index contributed by atoms with van der Waals surface area (Å²) in [5, 5.41) is 5.20. The van der Waals surface area contributed by atoms with Crippen LogP contribution in [0.15, 0.2) is 36.0 Å². The van der Waals surface area contributed by atoms with Gasteiger partial charge in [0.2, 0.25) is 5.91 Å². The van der Waals surface area contributed by atoms with E-state index in [1.54, 1.807) is 6.20 Å². The Kier molecular flexibility index (Phi) is 5.59. The fourth-order valence-electron chi connectivity index (χ4n) is 3.43. The first kappa shape index (κ1) is 20.2. The number of amides is 2. The summed E-state index contributed by atoms with van der Waals surface area (Å²) < 4.78 is 0. The number of hydrogen-bond acceptors (Lipinski definition) is 6. The Morgan fingerprint density at radius 2 is 2.03 bits per heavy atom. The average Bonchev–Trinajstić information content (AvgIpc) is 3.21. The third-order valence-corrected chi connectivity index (χ3v) is 5.75. The zero-order valence-corrected chi connectivity index (χ0v) is 18.0. The molecule has 3 heterocycles. The minimum Gasteiger partial charge on any atom is -0.312 e. The SMILES string of the molecule is Cc1cnc(C(=O)Nc2nc(-c3ccc4c(c3)CCCN4C(=O)C(C)C)cs2)cn1. The number of fused-ring (bicyclic) bond motifs is 1. The Labute approximate surface area is 179 Å². The number of carbonyl (C=O) groups excluding carboxylic acids is 2. The minimum atomic E-state index is -0.336. The van der Waals surface area contributed by atoms with Crippen molar-refractivity contribution in [2.45, 2.75) is 33.6 Å². The summed E-state index contributed by atoms with van der Waals surface area (Å²) in [6.07, 6.45) is 4.89. The second-order valence-corrected chi connectivity index (χ2v) is 8.48. The molecule has 0 saturated carbocycles. The largest absolute Gasteiger partial charge is 0.312 e. The summed E-state index contributed by atoms with van der Waals surface area (Å²) in [6, 6.07) is 6.08. The minimum absolute atomic E-state index is 0.0291. The van der Waals surface area contributed by atoms with Gasteiger partial charge >= 0.3 is 0 Å². The van der Waals surface area contributed by atoms with Crippen LogP contribution in [0.3, 0.4) is 0 Å². The molecule has 30 heavy (non-hydrogen) atoms. The van der Waals surface area contributed by atoms with E-state index in [1.807, 2.05) is 43.2 Å². The number of rotatable bonds is 4. The first-order valence-corrected chi connectivity index (χ1v) is 10.8. The molecule has 1 aromatic carbocycles. The molecule has 1 aliphatic rings. The topological polar surface area (TPSA) is 88.1 Å². The van der Waals surface area contributed by atoms with Gasteiger partial charge in [-0.2, -0.15) is 0 Å². The Bertz CT molecular complexity index is 1090. The third-order valence-electron chi connectivity index (χ3n) is 4.99. The number of anilines is 2. The van der Waals surface area contributed by atoms with Crippen LogP contribution in [0.25, 0.3) is 11.3 Å². The van der Waals surface area contributed by atoms with Crippen molar-refractivity contribution in [3.05, 3.63) is 52.9 Å². The average molecular weight is 422 g/mol. The number of thiazole rings is 1. The Balaban J connectivity index is 1.53. The maximum atomic E-state index is 12.5. The molecule has 4 rings (SSSR count). The predicted molar refractivity (Wildman–Crippen MR) is 118 cm³/mol. The summed E-state index contributed by atoms with van der Waals surface area (Å²) in [6.45, 7) is 6.44. The molecule has 154 valence electrons. The van der Waals surface area contributed by atoms with Gasteiger partial charge < -0.3 is 4.90 Å². The summed E-state index contributed by atoms with van der Waals surface area (Å²) in [5.41, 5.74) is 4.91. The van der Waals surface area contributed by atoms with E-state index in [4.69, 9.17) is 0 Å². The molecule has 7 nitrogen and oxygen atoms in total. The van der Waals surface area contributed by atoms with Crippen molar-refractivity contribution in [1.82, 2.24) is 15.0 Å². The molecule has 2 aromatic heterocycles. The van der Waals surface area contributed by atoms with Gasteiger partial charge in [-0.15, -0.1) is 11.3 Å². The van der Waals surface area contributed by atoms with Gasteiger partial charge in [0.05, 0.1) is 17.6 Å². The van der Waals surface area contributed by atoms with Crippen molar-refractivity contribution in [1.29, 1.82) is 0 Å². The first-order chi connectivity index (χ1) is 14.4. The second-order valence-electron chi connectivity index (χ2n) is 7.63. The highest BCUT2D eigenvalue weighted by atomic mass is 32.1. The van der Waals surface area contributed by atoms with Crippen LogP contribution in [0.1, 0.15) is 42.0 Å². The fourth-order valence-corrected chi connectivity index (χ4v) is 4.15. The lowest BCUT2D eigenvalue weighted by atomic mass is 9.97. The summed E-state index contributed by atoms with van der Waals surface area (Å²) in [7, 11) is 0.